The van der Waals surface area contributed by atoms with Crippen molar-refractivity contribution in [1.29, 1.82) is 0 Å². The Morgan fingerprint density at radius 1 is 1.14 bits per heavy atom. The molecule has 3 heterocycles. The first-order valence-corrected chi connectivity index (χ1v) is 9.53. The van der Waals surface area contributed by atoms with Crippen molar-refractivity contribution in [2.45, 2.75) is 26.4 Å². The molecule has 0 aliphatic rings. The average molecular weight is 391 g/mol. The van der Waals surface area contributed by atoms with Crippen LogP contribution in [0.1, 0.15) is 31.1 Å². The van der Waals surface area contributed by atoms with Crippen LogP contribution in [0, 0.1) is 11.7 Å². The molecule has 3 aromatic heterocycles. The van der Waals surface area contributed by atoms with Gasteiger partial charge in [-0.05, 0) is 35.7 Å². The van der Waals surface area contributed by atoms with E-state index in [0.717, 1.165) is 17.0 Å². The lowest BCUT2D eigenvalue weighted by molar-refractivity contribution is 0.401. The van der Waals surface area contributed by atoms with Crippen LogP contribution in [-0.4, -0.2) is 19.6 Å². The highest BCUT2D eigenvalue weighted by Crippen LogP contribution is 2.22. The Morgan fingerprint density at radius 2 is 2.00 bits per heavy atom. The number of hydrogen-bond acceptors (Lipinski definition) is 4. The topological polar surface area (TPSA) is 75.1 Å². The summed E-state index contributed by atoms with van der Waals surface area (Å²) in [5.74, 6) is -0.0790. The van der Waals surface area contributed by atoms with E-state index in [1.165, 1.54) is 22.7 Å². The number of halogens is 1. The van der Waals surface area contributed by atoms with Crippen molar-refractivity contribution in [3.05, 3.63) is 88.2 Å². The van der Waals surface area contributed by atoms with Gasteiger partial charge in [0.15, 0.2) is 5.65 Å². The van der Waals surface area contributed by atoms with E-state index >= 15 is 0 Å². The molecule has 0 saturated heterocycles. The number of aromatic nitrogens is 4. The number of H-pyrrole nitrogens is 1. The molecule has 0 fully saturated rings. The lowest BCUT2D eigenvalue weighted by Gasteiger charge is -2.22. The molecular weight excluding hydrogens is 369 g/mol. The van der Waals surface area contributed by atoms with E-state index in [0.29, 0.717) is 17.9 Å². The molecule has 1 unspecified atom stereocenters. The fourth-order valence-electron chi connectivity index (χ4n) is 3.38. The summed E-state index contributed by atoms with van der Waals surface area (Å²) in [6, 6.07) is 15.3. The Balaban J connectivity index is 1.66. The fourth-order valence-corrected chi connectivity index (χ4v) is 3.38. The van der Waals surface area contributed by atoms with Crippen molar-refractivity contribution < 1.29 is 4.39 Å². The molecule has 7 heteroatoms. The average Bonchev–Trinajstić information content (AvgIpc) is 3.14. The molecule has 0 saturated carbocycles. The smallest absolute Gasteiger partial charge is 0.272 e. The van der Waals surface area contributed by atoms with Crippen molar-refractivity contribution in [3.63, 3.8) is 0 Å². The van der Waals surface area contributed by atoms with Crippen LogP contribution < -0.4 is 10.9 Å². The zero-order valence-electron chi connectivity index (χ0n) is 16.3. The number of hydrogen-bond donors (Lipinski definition) is 2. The largest absolute Gasteiger partial charge is 0.304 e. The third-order valence-electron chi connectivity index (χ3n) is 4.81. The van der Waals surface area contributed by atoms with E-state index in [1.54, 1.807) is 12.3 Å². The van der Waals surface area contributed by atoms with Gasteiger partial charge in [-0.15, -0.1) is 0 Å². The van der Waals surface area contributed by atoms with Crippen molar-refractivity contribution in [1.82, 2.24) is 24.9 Å². The molecule has 0 bridgehead atoms. The summed E-state index contributed by atoms with van der Waals surface area (Å²) in [6.07, 6.45) is 1.70. The van der Waals surface area contributed by atoms with Gasteiger partial charge in [-0.1, -0.05) is 32.0 Å². The third kappa shape index (κ3) is 4.09. The first kappa shape index (κ1) is 19.0. The van der Waals surface area contributed by atoms with E-state index in [4.69, 9.17) is 4.98 Å². The number of nitrogens with one attached hydrogen (secondary N) is 2. The molecular formula is C22H22FN5O. The number of nitrogens with zero attached hydrogens (tertiary/aromatic N) is 3. The van der Waals surface area contributed by atoms with E-state index in [1.807, 2.05) is 30.3 Å². The highest BCUT2D eigenvalue weighted by molar-refractivity contribution is 5.60. The fraction of sp³-hybridized carbons (Fsp3) is 0.227. The van der Waals surface area contributed by atoms with Gasteiger partial charge in [0.2, 0.25) is 0 Å². The van der Waals surface area contributed by atoms with Gasteiger partial charge in [0, 0.05) is 24.9 Å². The Hall–Kier alpha value is -3.32. The minimum absolute atomic E-state index is 0.149. The second kappa shape index (κ2) is 7.97. The molecule has 1 aromatic carbocycles. The number of benzene rings is 1. The Bertz CT molecular complexity index is 1180. The standard InChI is InChI=1S/C22H22FN5O/c1-14(2)22(25-13-15-6-5-7-16(23)10-15)19-12-21(29)28-20(26-19)11-18(27-28)17-8-3-4-9-24-17/h3-12,14,22,25,27H,13H2,1-2H3. The lowest BCUT2D eigenvalue weighted by atomic mass is 10.00. The molecule has 29 heavy (non-hydrogen) atoms. The second-order valence-electron chi connectivity index (χ2n) is 7.33. The second-order valence-corrected chi connectivity index (χ2v) is 7.33. The van der Waals surface area contributed by atoms with Gasteiger partial charge in [-0.2, -0.15) is 0 Å². The van der Waals surface area contributed by atoms with Gasteiger partial charge in [-0.25, -0.2) is 13.9 Å². The van der Waals surface area contributed by atoms with E-state index in [-0.39, 0.29) is 23.3 Å². The summed E-state index contributed by atoms with van der Waals surface area (Å²) in [4.78, 5) is 21.7. The Morgan fingerprint density at radius 3 is 2.72 bits per heavy atom. The maximum absolute atomic E-state index is 13.5. The molecule has 0 radical (unpaired) electrons. The van der Waals surface area contributed by atoms with Crippen LogP contribution in [0.25, 0.3) is 17.0 Å². The SMILES string of the molecule is CC(C)C(NCc1cccc(F)c1)c1cc(=O)n2[nH]c(-c3ccccn3)cc2n1. The molecule has 2 N–H and O–H groups in total. The minimum atomic E-state index is -0.266. The molecule has 6 nitrogen and oxygen atoms in total. The lowest BCUT2D eigenvalue weighted by Crippen LogP contribution is -2.28. The zero-order valence-corrected chi connectivity index (χ0v) is 16.3. The van der Waals surface area contributed by atoms with Gasteiger partial charge < -0.3 is 5.32 Å². The van der Waals surface area contributed by atoms with Gasteiger partial charge >= 0.3 is 0 Å². The molecule has 4 rings (SSSR count). The highest BCUT2D eigenvalue weighted by Gasteiger charge is 2.19. The van der Waals surface area contributed by atoms with Crippen LogP contribution in [0.5, 0.6) is 0 Å². The molecule has 0 spiro atoms. The molecule has 1 atom stereocenters. The van der Waals surface area contributed by atoms with Gasteiger partial charge in [0.05, 0.1) is 23.1 Å². The van der Waals surface area contributed by atoms with Crippen molar-refractivity contribution >= 4 is 5.65 Å². The van der Waals surface area contributed by atoms with Crippen LogP contribution in [0.4, 0.5) is 4.39 Å². The minimum Gasteiger partial charge on any atom is -0.304 e. The van der Waals surface area contributed by atoms with E-state index in [2.05, 4.69) is 29.2 Å². The van der Waals surface area contributed by atoms with Crippen LogP contribution >= 0.6 is 0 Å². The summed E-state index contributed by atoms with van der Waals surface area (Å²) in [5.41, 5.74) is 3.31. The maximum atomic E-state index is 13.5. The normalized spacial score (nSPS) is 12.6. The number of pyridine rings is 1. The summed E-state index contributed by atoms with van der Waals surface area (Å²) in [6.45, 7) is 4.60. The predicted octanol–water partition coefficient (Wildman–Crippen LogP) is 3.71. The predicted molar refractivity (Wildman–Crippen MR) is 110 cm³/mol. The van der Waals surface area contributed by atoms with E-state index in [9.17, 15) is 9.18 Å². The molecule has 0 amide bonds. The third-order valence-corrected chi connectivity index (χ3v) is 4.81. The zero-order chi connectivity index (χ0) is 20.4. The summed E-state index contributed by atoms with van der Waals surface area (Å²) in [5, 5.41) is 6.47. The van der Waals surface area contributed by atoms with Crippen LogP contribution in [0.3, 0.4) is 0 Å². The van der Waals surface area contributed by atoms with Gasteiger partial charge in [-0.3, -0.25) is 14.9 Å². The van der Waals surface area contributed by atoms with Gasteiger partial charge in [0.1, 0.15) is 5.82 Å². The molecule has 0 aliphatic carbocycles. The van der Waals surface area contributed by atoms with Crippen LogP contribution in [0.15, 0.2) is 65.6 Å². The monoisotopic (exact) mass is 391 g/mol. The van der Waals surface area contributed by atoms with Gasteiger partial charge in [0.25, 0.3) is 5.56 Å². The summed E-state index contributed by atoms with van der Waals surface area (Å²) < 4.78 is 14.9. The molecule has 4 aromatic rings. The first-order valence-electron chi connectivity index (χ1n) is 9.53. The molecule has 148 valence electrons. The highest BCUT2D eigenvalue weighted by atomic mass is 19.1. The van der Waals surface area contributed by atoms with Crippen molar-refractivity contribution in [3.8, 4) is 11.4 Å². The number of aromatic amines is 1. The quantitative estimate of drug-likeness (QED) is 0.525. The Kier molecular flexibility index (Phi) is 5.22. The van der Waals surface area contributed by atoms with E-state index < -0.39 is 0 Å². The van der Waals surface area contributed by atoms with Crippen LogP contribution in [0.2, 0.25) is 0 Å². The van der Waals surface area contributed by atoms with Crippen molar-refractivity contribution in [2.75, 3.05) is 0 Å². The Labute approximate surface area is 167 Å². The first-order chi connectivity index (χ1) is 14.0. The summed E-state index contributed by atoms with van der Waals surface area (Å²) >= 11 is 0. The maximum Gasteiger partial charge on any atom is 0.272 e. The molecule has 0 aliphatic heterocycles. The number of fused-ring (bicyclic) bond motifs is 1. The van der Waals surface area contributed by atoms with Crippen molar-refractivity contribution in [2.24, 2.45) is 5.92 Å². The van der Waals surface area contributed by atoms with Crippen LogP contribution in [-0.2, 0) is 6.54 Å². The number of rotatable bonds is 6. The summed E-state index contributed by atoms with van der Waals surface area (Å²) in [7, 11) is 0.